The molecule has 9 heteroatoms. The van der Waals surface area contributed by atoms with Crippen molar-refractivity contribution in [2.75, 3.05) is 20.2 Å². The van der Waals surface area contributed by atoms with Crippen molar-refractivity contribution < 1.29 is 22.3 Å². The molecule has 0 N–H and O–H groups in total. The molecule has 1 aliphatic rings. The van der Waals surface area contributed by atoms with Crippen LogP contribution in [0.4, 0.5) is 4.39 Å². The number of ether oxygens (including phenoxy) is 2. The van der Waals surface area contributed by atoms with Gasteiger partial charge in [-0.05, 0) is 30.7 Å². The molecule has 1 aromatic carbocycles. The average molecular weight is 353 g/mol. The van der Waals surface area contributed by atoms with Gasteiger partial charge in [-0.3, -0.25) is 0 Å². The highest BCUT2D eigenvalue weighted by Crippen LogP contribution is 2.23. The number of rotatable bonds is 5. The van der Waals surface area contributed by atoms with E-state index in [0.29, 0.717) is 24.7 Å². The highest BCUT2D eigenvalue weighted by molar-refractivity contribution is 7.89. The fourth-order valence-corrected chi connectivity index (χ4v) is 3.90. The maximum atomic E-state index is 13.0. The van der Waals surface area contributed by atoms with E-state index in [0.717, 1.165) is 12.1 Å². The predicted molar refractivity (Wildman–Crippen MR) is 82.8 cm³/mol. The van der Waals surface area contributed by atoms with Crippen LogP contribution in [0.25, 0.3) is 0 Å². The van der Waals surface area contributed by atoms with E-state index in [-0.39, 0.29) is 17.5 Å². The minimum Gasteiger partial charge on any atom is -0.480 e. The van der Waals surface area contributed by atoms with Gasteiger partial charge in [-0.25, -0.2) is 12.8 Å². The van der Waals surface area contributed by atoms with Crippen LogP contribution in [0.3, 0.4) is 0 Å². The van der Waals surface area contributed by atoms with E-state index in [4.69, 9.17) is 9.47 Å². The molecule has 1 fully saturated rings. The third kappa shape index (κ3) is 3.46. The molecule has 0 bridgehead atoms. The topological polar surface area (TPSA) is 81.6 Å². The van der Waals surface area contributed by atoms with Gasteiger partial charge in [0.2, 0.25) is 21.8 Å². The van der Waals surface area contributed by atoms with Crippen LogP contribution in [0.2, 0.25) is 0 Å². The minimum atomic E-state index is -3.66. The molecule has 1 saturated heterocycles. The lowest BCUT2D eigenvalue weighted by Crippen LogP contribution is -2.31. The Bertz CT molecular complexity index is 796. The molecule has 0 radical (unpaired) electrons. The SMILES string of the molecule is COc1ccc(O[C@@H]2CCN(S(=O)(=O)c3ccc(F)cc3)C2)nn1. The van der Waals surface area contributed by atoms with Crippen molar-refractivity contribution in [2.24, 2.45) is 0 Å². The van der Waals surface area contributed by atoms with Crippen molar-refractivity contribution in [1.29, 1.82) is 0 Å². The first kappa shape index (κ1) is 16.6. The number of hydrogen-bond acceptors (Lipinski definition) is 6. The summed E-state index contributed by atoms with van der Waals surface area (Å²) in [7, 11) is -2.17. The van der Waals surface area contributed by atoms with Crippen LogP contribution in [0.15, 0.2) is 41.3 Å². The van der Waals surface area contributed by atoms with Gasteiger partial charge in [-0.2, -0.15) is 4.31 Å². The molecular weight excluding hydrogens is 337 g/mol. The van der Waals surface area contributed by atoms with Gasteiger partial charge in [0, 0.05) is 18.7 Å². The van der Waals surface area contributed by atoms with Gasteiger partial charge in [-0.1, -0.05) is 0 Å². The molecule has 7 nitrogen and oxygen atoms in total. The van der Waals surface area contributed by atoms with E-state index >= 15 is 0 Å². The van der Waals surface area contributed by atoms with Gasteiger partial charge in [0.15, 0.2) is 0 Å². The van der Waals surface area contributed by atoms with Crippen LogP contribution in [-0.4, -0.2) is 49.2 Å². The molecule has 1 atom stereocenters. The molecule has 0 aliphatic carbocycles. The van der Waals surface area contributed by atoms with Crippen molar-refractivity contribution in [3.63, 3.8) is 0 Å². The second-order valence-electron chi connectivity index (χ2n) is 5.26. The van der Waals surface area contributed by atoms with Crippen LogP contribution in [0, 0.1) is 5.82 Å². The molecule has 128 valence electrons. The van der Waals surface area contributed by atoms with Gasteiger partial charge < -0.3 is 9.47 Å². The van der Waals surface area contributed by atoms with Gasteiger partial charge in [0.1, 0.15) is 11.9 Å². The summed E-state index contributed by atoms with van der Waals surface area (Å²) >= 11 is 0. The highest BCUT2D eigenvalue weighted by Gasteiger charge is 2.33. The molecule has 0 amide bonds. The Morgan fingerprint density at radius 1 is 1.12 bits per heavy atom. The number of nitrogens with zero attached hydrogens (tertiary/aromatic N) is 3. The summed E-state index contributed by atoms with van der Waals surface area (Å²) in [5.41, 5.74) is 0. The Balaban J connectivity index is 1.66. The van der Waals surface area contributed by atoms with E-state index in [9.17, 15) is 12.8 Å². The molecular formula is C15H16FN3O4S. The standard InChI is InChI=1S/C15H16FN3O4S/c1-22-14-6-7-15(18-17-14)23-12-8-9-19(10-12)24(20,21)13-4-2-11(16)3-5-13/h2-7,12H,8-10H2,1H3/t12-/m1/s1. The number of benzene rings is 1. The highest BCUT2D eigenvalue weighted by atomic mass is 32.2. The Labute approximate surface area is 139 Å². The van der Waals surface area contributed by atoms with Crippen LogP contribution in [0.5, 0.6) is 11.8 Å². The number of sulfonamides is 1. The van der Waals surface area contributed by atoms with Crippen molar-refractivity contribution >= 4 is 10.0 Å². The Morgan fingerprint density at radius 2 is 1.79 bits per heavy atom. The van der Waals surface area contributed by atoms with Crippen molar-refractivity contribution in [3.05, 3.63) is 42.2 Å². The molecule has 2 heterocycles. The summed E-state index contributed by atoms with van der Waals surface area (Å²) in [5.74, 6) is 0.200. The quantitative estimate of drug-likeness (QED) is 0.810. The van der Waals surface area contributed by atoms with E-state index in [1.54, 1.807) is 12.1 Å². The summed E-state index contributed by atoms with van der Waals surface area (Å²) in [6.07, 6.45) is 0.219. The van der Waals surface area contributed by atoms with Crippen molar-refractivity contribution in [3.8, 4) is 11.8 Å². The lowest BCUT2D eigenvalue weighted by Gasteiger charge is -2.17. The summed E-state index contributed by atoms with van der Waals surface area (Å²) in [6, 6.07) is 8.00. The maximum Gasteiger partial charge on any atom is 0.243 e. The van der Waals surface area contributed by atoms with E-state index in [1.165, 1.54) is 23.5 Å². The number of methoxy groups -OCH3 is 1. The summed E-state index contributed by atoms with van der Waals surface area (Å²) in [5, 5.41) is 7.66. The van der Waals surface area contributed by atoms with E-state index in [2.05, 4.69) is 10.2 Å². The van der Waals surface area contributed by atoms with E-state index < -0.39 is 15.8 Å². The summed E-state index contributed by atoms with van der Waals surface area (Å²) in [6.45, 7) is 0.529. The number of halogens is 1. The maximum absolute atomic E-state index is 13.0. The molecule has 1 aromatic heterocycles. The van der Waals surface area contributed by atoms with Gasteiger partial charge >= 0.3 is 0 Å². The van der Waals surface area contributed by atoms with Gasteiger partial charge in [0.25, 0.3) is 0 Å². The second-order valence-corrected chi connectivity index (χ2v) is 7.20. The first-order valence-electron chi connectivity index (χ1n) is 7.29. The molecule has 2 aromatic rings. The van der Waals surface area contributed by atoms with Crippen LogP contribution >= 0.6 is 0 Å². The largest absolute Gasteiger partial charge is 0.480 e. The fourth-order valence-electron chi connectivity index (χ4n) is 2.42. The Hall–Kier alpha value is -2.26. The van der Waals surface area contributed by atoms with Gasteiger partial charge in [-0.15, -0.1) is 10.2 Å². The first-order chi connectivity index (χ1) is 11.5. The summed E-state index contributed by atoms with van der Waals surface area (Å²) in [4.78, 5) is 0.0637. The average Bonchev–Trinajstić information content (AvgIpc) is 3.05. The summed E-state index contributed by atoms with van der Waals surface area (Å²) < 4.78 is 49.9. The van der Waals surface area contributed by atoms with Gasteiger partial charge in [0.05, 0.1) is 18.6 Å². The zero-order chi connectivity index (χ0) is 17.2. The zero-order valence-corrected chi connectivity index (χ0v) is 13.7. The van der Waals surface area contributed by atoms with Crippen molar-refractivity contribution in [2.45, 2.75) is 17.4 Å². The number of aromatic nitrogens is 2. The second kappa shape index (κ2) is 6.70. The zero-order valence-electron chi connectivity index (χ0n) is 12.9. The smallest absolute Gasteiger partial charge is 0.243 e. The van der Waals surface area contributed by atoms with Crippen molar-refractivity contribution in [1.82, 2.24) is 14.5 Å². The molecule has 24 heavy (non-hydrogen) atoms. The minimum absolute atomic E-state index is 0.0637. The third-order valence-electron chi connectivity index (χ3n) is 3.67. The lowest BCUT2D eigenvalue weighted by molar-refractivity contribution is 0.203. The molecule has 0 unspecified atom stereocenters. The first-order valence-corrected chi connectivity index (χ1v) is 8.73. The van der Waals surface area contributed by atoms with Crippen LogP contribution in [0.1, 0.15) is 6.42 Å². The molecule has 0 spiro atoms. The van der Waals surface area contributed by atoms with Crippen LogP contribution in [-0.2, 0) is 10.0 Å². The van der Waals surface area contributed by atoms with Crippen LogP contribution < -0.4 is 9.47 Å². The Kier molecular flexibility index (Phi) is 4.63. The molecule has 1 aliphatic heterocycles. The third-order valence-corrected chi connectivity index (χ3v) is 5.55. The fraction of sp³-hybridized carbons (Fsp3) is 0.333. The van der Waals surface area contributed by atoms with E-state index in [1.807, 2.05) is 0 Å². The number of hydrogen-bond donors (Lipinski definition) is 0. The molecule has 3 rings (SSSR count). The Morgan fingerprint density at radius 3 is 2.42 bits per heavy atom. The molecule has 0 saturated carbocycles. The normalized spacial score (nSPS) is 18.5. The predicted octanol–water partition coefficient (Wildman–Crippen LogP) is 1.47. The lowest BCUT2D eigenvalue weighted by atomic mass is 10.3. The monoisotopic (exact) mass is 353 g/mol.